The molecule has 1 heterocycles. The summed E-state index contributed by atoms with van der Waals surface area (Å²) in [7, 11) is 0. The third kappa shape index (κ3) is 8.75. The van der Waals surface area contributed by atoms with Crippen molar-refractivity contribution in [3.63, 3.8) is 0 Å². The quantitative estimate of drug-likeness (QED) is 0.428. The highest BCUT2D eigenvalue weighted by Crippen LogP contribution is 2.13. The van der Waals surface area contributed by atoms with Crippen LogP contribution in [-0.4, -0.2) is 121 Å². The second-order valence-electron chi connectivity index (χ2n) is 7.44. The second-order valence-corrected chi connectivity index (χ2v) is 7.44. The van der Waals surface area contributed by atoms with E-state index in [2.05, 4.69) is 71.4 Å². The summed E-state index contributed by atoms with van der Waals surface area (Å²) in [4.78, 5) is 7.62. The maximum absolute atomic E-state index is 2.62. The molecule has 1 aliphatic rings. The molecule has 1 saturated heterocycles. The van der Waals surface area contributed by atoms with Gasteiger partial charge in [-0.15, -0.1) is 0 Å². The molecule has 0 amide bonds. The van der Waals surface area contributed by atoms with E-state index in [9.17, 15) is 0 Å². The predicted molar refractivity (Wildman–Crippen MR) is 118 cm³/mol. The lowest BCUT2D eigenvalue weighted by molar-refractivity contribution is -0.214. The number of hydrogen-bond acceptors (Lipinski definition) is 6. The first-order valence-electron chi connectivity index (χ1n) is 11.6. The van der Waals surface area contributed by atoms with Gasteiger partial charge in [0.1, 0.15) is 0 Å². The molecule has 1 fully saturated rings. The van der Waals surface area contributed by atoms with Crippen molar-refractivity contribution >= 4 is 0 Å². The molecule has 27 heavy (non-hydrogen) atoms. The molecule has 0 aliphatic carbocycles. The summed E-state index contributed by atoms with van der Waals surface area (Å²) in [6.07, 6.45) is 1.28. The van der Waals surface area contributed by atoms with E-state index in [1.165, 1.54) is 32.6 Å². The molecule has 6 nitrogen and oxygen atoms in total. The minimum Gasteiger partial charge on any atom is -0.303 e. The Hall–Kier alpha value is -0.240. The maximum atomic E-state index is 2.62. The highest BCUT2D eigenvalue weighted by Gasteiger charge is 2.27. The summed E-state index contributed by atoms with van der Waals surface area (Å²) in [6.45, 7) is 29.8. The van der Waals surface area contributed by atoms with Crippen molar-refractivity contribution in [3.8, 4) is 0 Å². The fourth-order valence-electron chi connectivity index (χ4n) is 3.95. The fourth-order valence-corrected chi connectivity index (χ4v) is 3.95. The molecule has 6 heteroatoms. The molecule has 0 aromatic rings. The van der Waals surface area contributed by atoms with E-state index in [0.717, 1.165) is 65.4 Å². The first-order chi connectivity index (χ1) is 13.1. The van der Waals surface area contributed by atoms with Crippen LogP contribution in [0, 0.1) is 0 Å². The first-order valence-corrected chi connectivity index (χ1v) is 11.6. The van der Waals surface area contributed by atoms with Crippen molar-refractivity contribution in [2.75, 3.05) is 91.6 Å². The van der Waals surface area contributed by atoms with Crippen LogP contribution in [0.4, 0.5) is 0 Å². The molecule has 0 N–H and O–H groups in total. The number of hydrazine groups is 2. The van der Waals surface area contributed by atoms with E-state index < -0.39 is 0 Å². The molecule has 0 aromatic carbocycles. The Kier molecular flexibility index (Phi) is 13.5. The summed E-state index contributed by atoms with van der Waals surface area (Å²) in [6, 6.07) is 0. The highest BCUT2D eigenvalue weighted by atomic mass is 15.9. The monoisotopic (exact) mass is 384 g/mol. The molecule has 0 aromatic heterocycles. The Morgan fingerprint density at radius 2 is 0.852 bits per heavy atom. The molecule has 0 unspecified atom stereocenters. The highest BCUT2D eigenvalue weighted by molar-refractivity contribution is 4.71. The van der Waals surface area contributed by atoms with E-state index in [1.54, 1.807) is 0 Å². The summed E-state index contributed by atoms with van der Waals surface area (Å²) in [5.74, 6) is 0. The zero-order chi connectivity index (χ0) is 20.1. The topological polar surface area (TPSA) is 19.4 Å². The van der Waals surface area contributed by atoms with Crippen LogP contribution in [0.3, 0.4) is 0 Å². The molecule has 0 saturated carbocycles. The van der Waals surface area contributed by atoms with Crippen LogP contribution in [0.2, 0.25) is 0 Å². The van der Waals surface area contributed by atoms with Gasteiger partial charge in [0.25, 0.3) is 0 Å². The van der Waals surface area contributed by atoms with Gasteiger partial charge in [-0.25, -0.2) is 10.0 Å². The van der Waals surface area contributed by atoms with Crippen molar-refractivity contribution in [2.24, 2.45) is 0 Å². The molecule has 0 bridgehead atoms. The van der Waals surface area contributed by atoms with Gasteiger partial charge in [0.05, 0.1) is 0 Å². The number of rotatable bonds is 15. The molecular weight excluding hydrogens is 336 g/mol. The largest absolute Gasteiger partial charge is 0.303 e. The van der Waals surface area contributed by atoms with Crippen LogP contribution in [0.1, 0.15) is 48.0 Å². The van der Waals surface area contributed by atoms with Crippen molar-refractivity contribution in [1.82, 2.24) is 29.8 Å². The van der Waals surface area contributed by atoms with Crippen molar-refractivity contribution in [3.05, 3.63) is 0 Å². The van der Waals surface area contributed by atoms with Crippen LogP contribution in [0.25, 0.3) is 0 Å². The van der Waals surface area contributed by atoms with Crippen LogP contribution < -0.4 is 0 Å². The molecule has 1 rings (SSSR count). The Labute approximate surface area is 170 Å². The van der Waals surface area contributed by atoms with Gasteiger partial charge < -0.3 is 14.7 Å². The predicted octanol–water partition coefficient (Wildman–Crippen LogP) is 2.15. The minimum atomic E-state index is 1.11. The van der Waals surface area contributed by atoms with Crippen LogP contribution in [-0.2, 0) is 0 Å². The molecule has 0 radical (unpaired) electrons. The van der Waals surface area contributed by atoms with Gasteiger partial charge in [0.2, 0.25) is 0 Å². The fraction of sp³-hybridized carbons (Fsp3) is 1.00. The smallest absolute Gasteiger partial charge is 0.0420 e. The van der Waals surface area contributed by atoms with Gasteiger partial charge in [-0.05, 0) is 45.7 Å². The maximum Gasteiger partial charge on any atom is 0.0420 e. The molecule has 162 valence electrons. The minimum absolute atomic E-state index is 1.11. The molecule has 0 atom stereocenters. The lowest BCUT2D eigenvalue weighted by atomic mass is 10.3. The Morgan fingerprint density at radius 1 is 0.519 bits per heavy atom. The van der Waals surface area contributed by atoms with Gasteiger partial charge in [-0.3, -0.25) is 0 Å². The zero-order valence-electron chi connectivity index (χ0n) is 19.3. The van der Waals surface area contributed by atoms with Gasteiger partial charge in [-0.1, -0.05) is 41.5 Å². The SMILES string of the molecule is CCN(CC)CCN1CCCN(CCN(CC)CC)N1CCN(CC)CC. The van der Waals surface area contributed by atoms with Gasteiger partial charge in [-0.2, -0.15) is 5.12 Å². The third-order valence-corrected chi connectivity index (χ3v) is 6.13. The number of nitrogens with zero attached hydrogens (tertiary/aromatic N) is 6. The molecular formula is C21H48N6. The van der Waals surface area contributed by atoms with Crippen LogP contribution >= 0.6 is 0 Å². The summed E-state index contributed by atoms with van der Waals surface area (Å²) in [5, 5.41) is 7.83. The lowest BCUT2D eigenvalue weighted by Crippen LogP contribution is -2.61. The van der Waals surface area contributed by atoms with Crippen LogP contribution in [0.15, 0.2) is 0 Å². The Balaban J connectivity index is 2.72. The summed E-state index contributed by atoms with van der Waals surface area (Å²) < 4.78 is 0. The zero-order valence-corrected chi connectivity index (χ0v) is 19.3. The summed E-state index contributed by atoms with van der Waals surface area (Å²) >= 11 is 0. The average molecular weight is 385 g/mol. The first kappa shape index (κ1) is 24.8. The van der Waals surface area contributed by atoms with Gasteiger partial charge >= 0.3 is 0 Å². The third-order valence-electron chi connectivity index (χ3n) is 6.13. The van der Waals surface area contributed by atoms with E-state index in [1.807, 2.05) is 0 Å². The normalized spacial score (nSPS) is 17.7. The molecule has 0 spiro atoms. The second kappa shape index (κ2) is 14.7. The van der Waals surface area contributed by atoms with E-state index >= 15 is 0 Å². The Morgan fingerprint density at radius 3 is 1.19 bits per heavy atom. The number of likely N-dealkylation sites (N-methyl/N-ethyl adjacent to an activating group) is 3. The van der Waals surface area contributed by atoms with E-state index in [0.29, 0.717) is 0 Å². The average Bonchev–Trinajstić information content (AvgIpc) is 2.71. The lowest BCUT2D eigenvalue weighted by Gasteiger charge is -2.47. The van der Waals surface area contributed by atoms with Gasteiger partial charge in [0.15, 0.2) is 0 Å². The molecule has 1 aliphatic heterocycles. The van der Waals surface area contributed by atoms with Crippen molar-refractivity contribution < 1.29 is 0 Å². The standard InChI is InChI=1S/C21H48N6/c1-7-22(8-2)16-19-25-14-13-15-26(20-17-23(9-3)10-4)27(25)21-18-24(11-5)12-6/h7-21H2,1-6H3. The number of hydrogen-bond donors (Lipinski definition) is 0. The van der Waals surface area contributed by atoms with Crippen molar-refractivity contribution in [1.29, 1.82) is 0 Å². The Bertz CT molecular complexity index is 318. The van der Waals surface area contributed by atoms with Gasteiger partial charge in [0, 0.05) is 52.4 Å². The van der Waals surface area contributed by atoms with E-state index in [4.69, 9.17) is 0 Å². The van der Waals surface area contributed by atoms with Crippen LogP contribution in [0.5, 0.6) is 0 Å². The van der Waals surface area contributed by atoms with Crippen molar-refractivity contribution in [2.45, 2.75) is 48.0 Å². The summed E-state index contributed by atoms with van der Waals surface area (Å²) in [5.41, 5.74) is 0. The van der Waals surface area contributed by atoms with E-state index in [-0.39, 0.29) is 0 Å².